The molecule has 13 nitrogen and oxygen atoms in total. The predicted molar refractivity (Wildman–Crippen MR) is 107 cm³/mol. The fraction of sp³-hybridized carbons (Fsp3) is 0.667. The number of carbonyl (C=O) groups is 6. The fourth-order valence-corrected chi connectivity index (χ4v) is 2.47. The second kappa shape index (κ2) is 13.9. The van der Waals surface area contributed by atoms with Gasteiger partial charge in [-0.2, -0.15) is 0 Å². The van der Waals surface area contributed by atoms with Crippen LogP contribution in [-0.4, -0.2) is 70.5 Å². The first kappa shape index (κ1) is 27.8. The van der Waals surface area contributed by atoms with Gasteiger partial charge in [-0.25, -0.2) is 4.79 Å². The first-order valence-corrected chi connectivity index (χ1v) is 9.69. The van der Waals surface area contributed by atoms with Crippen LogP contribution in [0, 0.1) is 5.92 Å². The summed E-state index contributed by atoms with van der Waals surface area (Å²) in [7, 11) is 0. The molecule has 176 valence electrons. The number of hydrogen-bond donors (Lipinski definition) is 7. The molecule has 0 bridgehead atoms. The molecule has 0 saturated carbocycles. The van der Waals surface area contributed by atoms with Crippen molar-refractivity contribution in [3.8, 4) is 0 Å². The minimum absolute atomic E-state index is 0.00498. The molecule has 0 aromatic heterocycles. The van der Waals surface area contributed by atoms with Crippen LogP contribution in [0.15, 0.2) is 0 Å². The molecule has 0 aromatic carbocycles. The smallest absolute Gasteiger partial charge is 0.326 e. The van der Waals surface area contributed by atoms with Gasteiger partial charge < -0.3 is 37.6 Å². The van der Waals surface area contributed by atoms with Crippen LogP contribution in [-0.2, 0) is 28.8 Å². The topological polar surface area (TPSA) is 231 Å². The third-order valence-electron chi connectivity index (χ3n) is 4.08. The van der Waals surface area contributed by atoms with Crippen LogP contribution in [0.2, 0.25) is 0 Å². The molecular formula is C18H31N5O8. The normalized spacial score (nSPS) is 13.5. The predicted octanol–water partition coefficient (Wildman–Crippen LogP) is -2.34. The van der Waals surface area contributed by atoms with E-state index >= 15 is 0 Å². The van der Waals surface area contributed by atoms with Gasteiger partial charge in [0.25, 0.3) is 0 Å². The summed E-state index contributed by atoms with van der Waals surface area (Å²) >= 11 is 0. The zero-order valence-corrected chi connectivity index (χ0v) is 17.6. The summed E-state index contributed by atoms with van der Waals surface area (Å²) in [5.41, 5.74) is 10.6. The third kappa shape index (κ3) is 12.8. The number of amides is 4. The molecule has 31 heavy (non-hydrogen) atoms. The van der Waals surface area contributed by atoms with Crippen LogP contribution in [0.5, 0.6) is 0 Å². The molecule has 0 fully saturated rings. The van der Waals surface area contributed by atoms with Crippen LogP contribution < -0.4 is 27.4 Å². The van der Waals surface area contributed by atoms with Crippen LogP contribution in [0.1, 0.15) is 46.0 Å². The largest absolute Gasteiger partial charge is 0.481 e. The van der Waals surface area contributed by atoms with E-state index in [0.29, 0.717) is 0 Å². The van der Waals surface area contributed by atoms with Crippen molar-refractivity contribution in [2.45, 2.75) is 64.1 Å². The van der Waals surface area contributed by atoms with E-state index in [-0.39, 0.29) is 31.6 Å². The number of rotatable bonds is 15. The third-order valence-corrected chi connectivity index (χ3v) is 4.08. The Morgan fingerprint density at radius 2 is 1.48 bits per heavy atom. The highest BCUT2D eigenvalue weighted by Gasteiger charge is 2.26. The Hall–Kier alpha value is -3.22. The molecule has 0 rings (SSSR count). The Morgan fingerprint density at radius 3 is 1.97 bits per heavy atom. The van der Waals surface area contributed by atoms with Crippen LogP contribution in [0.4, 0.5) is 0 Å². The van der Waals surface area contributed by atoms with Crippen molar-refractivity contribution < 1.29 is 39.0 Å². The van der Waals surface area contributed by atoms with Crippen LogP contribution >= 0.6 is 0 Å². The number of carboxylic acid groups (broad SMARTS) is 2. The Morgan fingerprint density at radius 1 is 0.871 bits per heavy atom. The summed E-state index contributed by atoms with van der Waals surface area (Å²) in [6, 6.07) is -3.58. The first-order valence-electron chi connectivity index (χ1n) is 9.69. The molecular weight excluding hydrogens is 414 g/mol. The van der Waals surface area contributed by atoms with Gasteiger partial charge in [-0.3, -0.25) is 24.0 Å². The van der Waals surface area contributed by atoms with Gasteiger partial charge in [0.05, 0.1) is 12.6 Å². The summed E-state index contributed by atoms with van der Waals surface area (Å²) in [5.74, 6) is -5.48. The lowest BCUT2D eigenvalue weighted by atomic mass is 10.0. The maximum absolute atomic E-state index is 12.4. The Labute approximate surface area is 179 Å². The van der Waals surface area contributed by atoms with Crippen molar-refractivity contribution in [1.82, 2.24) is 16.0 Å². The van der Waals surface area contributed by atoms with E-state index in [9.17, 15) is 28.8 Å². The monoisotopic (exact) mass is 445 g/mol. The quantitative estimate of drug-likeness (QED) is 0.143. The summed E-state index contributed by atoms with van der Waals surface area (Å²) in [4.78, 5) is 69.3. The van der Waals surface area contributed by atoms with E-state index in [2.05, 4.69) is 16.0 Å². The molecule has 9 N–H and O–H groups in total. The number of nitrogens with one attached hydrogen (secondary N) is 3. The highest BCUT2D eigenvalue weighted by molar-refractivity contribution is 5.93. The lowest BCUT2D eigenvalue weighted by molar-refractivity contribution is -0.142. The summed E-state index contributed by atoms with van der Waals surface area (Å²) in [5, 5.41) is 24.8. The van der Waals surface area contributed by atoms with Crippen molar-refractivity contribution in [3.63, 3.8) is 0 Å². The van der Waals surface area contributed by atoms with E-state index < -0.39 is 66.7 Å². The number of aliphatic carboxylic acids is 2. The molecule has 0 aromatic rings. The summed E-state index contributed by atoms with van der Waals surface area (Å²) in [6.07, 6.45) is -0.751. The molecule has 3 unspecified atom stereocenters. The minimum atomic E-state index is -1.30. The van der Waals surface area contributed by atoms with Gasteiger partial charge in [0.2, 0.25) is 23.6 Å². The minimum Gasteiger partial charge on any atom is -0.481 e. The molecule has 13 heteroatoms. The van der Waals surface area contributed by atoms with Crippen molar-refractivity contribution in [2.24, 2.45) is 17.4 Å². The molecule has 4 amide bonds. The standard InChI is InChI=1S/C18H31N5O8/c1-9(2)7-12(18(30)31)22-14(25)8-21-17(29)11(4-6-15(26)27)23-16(28)10(19)3-5-13(20)24/h9-12H,3-8,19H2,1-2H3,(H2,20,24)(H,21,29)(H,22,25)(H,23,28)(H,26,27)(H,30,31). The van der Waals surface area contributed by atoms with E-state index in [4.69, 9.17) is 21.7 Å². The van der Waals surface area contributed by atoms with Gasteiger partial charge in [-0.1, -0.05) is 13.8 Å². The summed E-state index contributed by atoms with van der Waals surface area (Å²) < 4.78 is 0. The number of primary amides is 1. The molecule has 0 saturated heterocycles. The maximum atomic E-state index is 12.4. The second-order valence-electron chi connectivity index (χ2n) is 7.41. The van der Waals surface area contributed by atoms with Gasteiger partial charge >= 0.3 is 11.9 Å². The average molecular weight is 445 g/mol. The lowest BCUT2D eigenvalue weighted by Gasteiger charge is -2.21. The molecule has 0 spiro atoms. The Kier molecular flexibility index (Phi) is 12.5. The highest BCUT2D eigenvalue weighted by Crippen LogP contribution is 2.05. The van der Waals surface area contributed by atoms with Crippen molar-refractivity contribution in [3.05, 3.63) is 0 Å². The van der Waals surface area contributed by atoms with E-state index in [1.54, 1.807) is 13.8 Å². The number of carbonyl (C=O) groups excluding carboxylic acids is 4. The molecule has 0 aliphatic rings. The molecule has 0 aliphatic heterocycles. The van der Waals surface area contributed by atoms with Crippen molar-refractivity contribution >= 4 is 35.6 Å². The van der Waals surface area contributed by atoms with Crippen molar-refractivity contribution in [2.75, 3.05) is 6.54 Å². The number of carboxylic acids is 2. The SMILES string of the molecule is CC(C)CC(NC(=O)CNC(=O)C(CCC(=O)O)NC(=O)C(N)CCC(N)=O)C(=O)O. The van der Waals surface area contributed by atoms with E-state index in [1.165, 1.54) is 0 Å². The molecule has 0 radical (unpaired) electrons. The van der Waals surface area contributed by atoms with Crippen LogP contribution in [0.3, 0.4) is 0 Å². The number of nitrogens with two attached hydrogens (primary N) is 2. The van der Waals surface area contributed by atoms with Crippen molar-refractivity contribution in [1.29, 1.82) is 0 Å². The zero-order chi connectivity index (χ0) is 24.1. The maximum Gasteiger partial charge on any atom is 0.326 e. The van der Waals surface area contributed by atoms with E-state index in [1.807, 2.05) is 0 Å². The molecule has 0 heterocycles. The highest BCUT2D eigenvalue weighted by atomic mass is 16.4. The second-order valence-corrected chi connectivity index (χ2v) is 7.41. The first-order chi connectivity index (χ1) is 14.3. The van der Waals surface area contributed by atoms with Gasteiger partial charge in [-0.05, 0) is 25.2 Å². The van der Waals surface area contributed by atoms with Gasteiger partial charge in [0.15, 0.2) is 0 Å². The fourth-order valence-electron chi connectivity index (χ4n) is 2.47. The lowest BCUT2D eigenvalue weighted by Crippen LogP contribution is -2.53. The Balaban J connectivity index is 4.91. The van der Waals surface area contributed by atoms with E-state index in [0.717, 1.165) is 0 Å². The van der Waals surface area contributed by atoms with Crippen LogP contribution in [0.25, 0.3) is 0 Å². The summed E-state index contributed by atoms with van der Waals surface area (Å²) in [6.45, 7) is 3.00. The van der Waals surface area contributed by atoms with Gasteiger partial charge in [0.1, 0.15) is 12.1 Å². The van der Waals surface area contributed by atoms with Gasteiger partial charge in [-0.15, -0.1) is 0 Å². The molecule has 3 atom stereocenters. The van der Waals surface area contributed by atoms with Gasteiger partial charge in [0, 0.05) is 12.8 Å². The molecule has 0 aliphatic carbocycles. The Bertz CT molecular complexity index is 682. The zero-order valence-electron chi connectivity index (χ0n) is 17.6. The number of hydrogen-bond acceptors (Lipinski definition) is 7. The average Bonchev–Trinajstić information content (AvgIpc) is 2.65.